The monoisotopic (exact) mass is 414 g/mol. The standard InChI is InChI=1S/C20H22N4O2S2/c1-19(2)18(21)23-20(3,11-28(19,4)25)16-9-15(10-27-16)13-6-5-7-14(8-13)17-24-22-12-26-17/h5-10,12H,4,11H2,1-3H3,(H2,21,23)/t20-,28?/m0/s1. The average Bonchev–Trinajstić information content (AvgIpc) is 3.32. The molecule has 1 unspecified atom stereocenters. The highest BCUT2D eigenvalue weighted by Gasteiger charge is 2.45. The Morgan fingerprint density at radius 2 is 1.96 bits per heavy atom. The van der Waals surface area contributed by atoms with E-state index in [1.807, 2.05) is 45.0 Å². The van der Waals surface area contributed by atoms with E-state index in [2.05, 4.69) is 27.5 Å². The molecule has 6 nitrogen and oxygen atoms in total. The van der Waals surface area contributed by atoms with Crippen LogP contribution in [0.2, 0.25) is 0 Å². The van der Waals surface area contributed by atoms with Gasteiger partial charge in [-0.25, -0.2) is 0 Å². The van der Waals surface area contributed by atoms with Crippen LogP contribution in [0.3, 0.4) is 0 Å². The Labute approximate surface area is 168 Å². The van der Waals surface area contributed by atoms with Gasteiger partial charge >= 0.3 is 0 Å². The number of nitrogens with zero attached hydrogens (tertiary/aromatic N) is 3. The highest BCUT2D eigenvalue weighted by Crippen LogP contribution is 2.41. The first-order chi connectivity index (χ1) is 13.1. The zero-order valence-electron chi connectivity index (χ0n) is 16.0. The van der Waals surface area contributed by atoms with Gasteiger partial charge < -0.3 is 10.2 Å². The molecule has 3 heterocycles. The first-order valence-electron chi connectivity index (χ1n) is 8.79. The molecule has 3 aromatic rings. The van der Waals surface area contributed by atoms with Crippen LogP contribution in [-0.2, 0) is 15.1 Å². The fraction of sp³-hybridized carbons (Fsp3) is 0.300. The van der Waals surface area contributed by atoms with Crippen LogP contribution >= 0.6 is 11.3 Å². The zero-order chi connectivity index (χ0) is 20.2. The number of hydrogen-bond acceptors (Lipinski definition) is 7. The van der Waals surface area contributed by atoms with Gasteiger partial charge in [0.2, 0.25) is 12.3 Å². The summed E-state index contributed by atoms with van der Waals surface area (Å²) in [6, 6.07) is 10.0. The van der Waals surface area contributed by atoms with Crippen LogP contribution in [0.25, 0.3) is 22.6 Å². The summed E-state index contributed by atoms with van der Waals surface area (Å²) < 4.78 is 17.8. The molecule has 28 heavy (non-hydrogen) atoms. The fourth-order valence-corrected chi connectivity index (χ4v) is 6.32. The van der Waals surface area contributed by atoms with E-state index < -0.39 is 19.8 Å². The molecule has 8 heteroatoms. The molecule has 0 fully saturated rings. The Bertz CT molecular complexity index is 1160. The fourth-order valence-electron chi connectivity index (χ4n) is 3.28. The van der Waals surface area contributed by atoms with Crippen molar-refractivity contribution in [2.24, 2.45) is 10.7 Å². The summed E-state index contributed by atoms with van der Waals surface area (Å²) in [6.07, 6.45) is 1.31. The van der Waals surface area contributed by atoms with Crippen molar-refractivity contribution in [3.63, 3.8) is 0 Å². The Morgan fingerprint density at radius 3 is 2.64 bits per heavy atom. The number of amidine groups is 1. The van der Waals surface area contributed by atoms with E-state index in [0.717, 1.165) is 21.6 Å². The lowest BCUT2D eigenvalue weighted by atomic mass is 9.99. The van der Waals surface area contributed by atoms with E-state index in [-0.39, 0.29) is 0 Å². The lowest BCUT2D eigenvalue weighted by molar-refractivity contribution is 0.543. The van der Waals surface area contributed by atoms with E-state index in [4.69, 9.17) is 15.1 Å². The minimum atomic E-state index is -2.43. The molecular formula is C20H22N4O2S2. The predicted molar refractivity (Wildman–Crippen MR) is 116 cm³/mol. The molecule has 0 spiro atoms. The van der Waals surface area contributed by atoms with Gasteiger partial charge in [-0.1, -0.05) is 12.1 Å². The summed E-state index contributed by atoms with van der Waals surface area (Å²) in [7, 11) is -2.43. The van der Waals surface area contributed by atoms with Gasteiger partial charge in [0.25, 0.3) is 0 Å². The summed E-state index contributed by atoms with van der Waals surface area (Å²) in [5, 5.41) is 9.77. The maximum Gasteiger partial charge on any atom is 0.247 e. The van der Waals surface area contributed by atoms with Gasteiger partial charge in [0.15, 0.2) is 0 Å². The normalized spacial score (nSPS) is 26.8. The molecule has 146 valence electrons. The molecule has 1 aromatic carbocycles. The second-order valence-corrected chi connectivity index (χ2v) is 11.6. The molecule has 2 N–H and O–H groups in total. The topological polar surface area (TPSA) is 94.4 Å². The molecule has 0 bridgehead atoms. The Hall–Kier alpha value is -2.45. The molecular weight excluding hydrogens is 392 g/mol. The first-order valence-corrected chi connectivity index (χ1v) is 11.6. The second-order valence-electron chi connectivity index (χ2n) is 7.76. The van der Waals surface area contributed by atoms with Crippen LogP contribution in [0, 0.1) is 0 Å². The molecule has 0 radical (unpaired) electrons. The van der Waals surface area contributed by atoms with Crippen molar-refractivity contribution in [3.8, 4) is 22.6 Å². The SMILES string of the molecule is C=S1(=O)C[C@@](C)(c2cc(-c3cccc(-c4nnco4)c3)cs2)N=C(N)C1(C)C. The van der Waals surface area contributed by atoms with Crippen molar-refractivity contribution in [1.82, 2.24) is 10.2 Å². The van der Waals surface area contributed by atoms with Gasteiger partial charge in [-0.05, 0) is 70.9 Å². The quantitative estimate of drug-likeness (QED) is 0.662. The Morgan fingerprint density at radius 1 is 1.21 bits per heavy atom. The van der Waals surface area contributed by atoms with E-state index in [1.54, 1.807) is 11.3 Å². The predicted octanol–water partition coefficient (Wildman–Crippen LogP) is 3.55. The third-order valence-corrected chi connectivity index (χ3v) is 9.64. The molecule has 1 aliphatic rings. The zero-order valence-corrected chi connectivity index (χ0v) is 17.6. The van der Waals surface area contributed by atoms with Crippen molar-refractivity contribution in [1.29, 1.82) is 0 Å². The molecule has 4 rings (SSSR count). The van der Waals surface area contributed by atoms with Crippen molar-refractivity contribution in [2.45, 2.75) is 31.1 Å². The number of benzene rings is 1. The van der Waals surface area contributed by atoms with Crippen LogP contribution in [0.4, 0.5) is 0 Å². The molecule has 2 aromatic heterocycles. The van der Waals surface area contributed by atoms with Gasteiger partial charge in [0.1, 0.15) is 11.4 Å². The van der Waals surface area contributed by atoms with Gasteiger partial charge in [-0.3, -0.25) is 9.20 Å². The summed E-state index contributed by atoms with van der Waals surface area (Å²) in [5.74, 6) is 5.25. The third kappa shape index (κ3) is 2.97. The highest BCUT2D eigenvalue weighted by molar-refractivity contribution is 8.02. The van der Waals surface area contributed by atoms with Gasteiger partial charge in [-0.2, -0.15) is 0 Å². The number of rotatable bonds is 3. The average molecular weight is 415 g/mol. The maximum absolute atomic E-state index is 13.2. The minimum Gasteiger partial charge on any atom is -0.423 e. The highest BCUT2D eigenvalue weighted by atomic mass is 32.2. The summed E-state index contributed by atoms with van der Waals surface area (Å²) in [6.45, 7) is 5.68. The van der Waals surface area contributed by atoms with Crippen molar-refractivity contribution < 1.29 is 8.63 Å². The van der Waals surface area contributed by atoms with Crippen LogP contribution in [-0.4, -0.2) is 36.6 Å². The van der Waals surface area contributed by atoms with E-state index in [1.165, 1.54) is 6.39 Å². The molecule has 1 aliphatic heterocycles. The van der Waals surface area contributed by atoms with Crippen LogP contribution in [0.5, 0.6) is 0 Å². The van der Waals surface area contributed by atoms with Crippen LogP contribution in [0.1, 0.15) is 25.6 Å². The number of thiophene rings is 1. The van der Waals surface area contributed by atoms with E-state index >= 15 is 0 Å². The van der Waals surface area contributed by atoms with Crippen molar-refractivity contribution in [2.75, 3.05) is 5.75 Å². The smallest absolute Gasteiger partial charge is 0.247 e. The van der Waals surface area contributed by atoms with Gasteiger partial charge in [-0.15, -0.1) is 21.5 Å². The maximum atomic E-state index is 13.2. The number of nitrogens with two attached hydrogens (primary N) is 1. The number of hydrogen-bond donors (Lipinski definition) is 1. The van der Waals surface area contributed by atoms with Gasteiger partial charge in [0, 0.05) is 16.2 Å². The Kier molecular flexibility index (Phi) is 4.24. The third-order valence-electron chi connectivity index (χ3n) is 5.36. The molecule has 0 amide bonds. The van der Waals surface area contributed by atoms with Crippen molar-refractivity contribution in [3.05, 3.63) is 47.0 Å². The molecule has 2 atom stereocenters. The second kappa shape index (κ2) is 6.28. The van der Waals surface area contributed by atoms with E-state index in [9.17, 15) is 4.21 Å². The summed E-state index contributed by atoms with van der Waals surface area (Å²) in [5.41, 5.74) is 8.50. The first kappa shape index (κ1) is 18.9. The number of aliphatic imine (C=N–C) groups is 1. The largest absolute Gasteiger partial charge is 0.423 e. The van der Waals surface area contributed by atoms with Crippen LogP contribution < -0.4 is 5.73 Å². The van der Waals surface area contributed by atoms with Crippen LogP contribution in [0.15, 0.2) is 51.5 Å². The van der Waals surface area contributed by atoms with E-state index in [0.29, 0.717) is 17.5 Å². The molecule has 0 aliphatic carbocycles. The Balaban J connectivity index is 1.73. The summed E-state index contributed by atoms with van der Waals surface area (Å²) in [4.78, 5) is 5.76. The molecule has 0 saturated heterocycles. The molecule has 0 saturated carbocycles. The minimum absolute atomic E-state index is 0.371. The summed E-state index contributed by atoms with van der Waals surface area (Å²) >= 11 is 1.59. The lowest BCUT2D eigenvalue weighted by Gasteiger charge is -2.40. The lowest BCUT2D eigenvalue weighted by Crippen LogP contribution is -2.54. The van der Waals surface area contributed by atoms with Gasteiger partial charge in [0.05, 0.1) is 4.75 Å². The number of aromatic nitrogens is 2. The van der Waals surface area contributed by atoms with Crippen molar-refractivity contribution >= 4 is 32.6 Å².